The molecule has 150 valence electrons. The van der Waals surface area contributed by atoms with Crippen molar-refractivity contribution in [3.8, 4) is 0 Å². The number of hydrogen-bond donors (Lipinski definition) is 1. The number of aromatic nitrogens is 1. The van der Waals surface area contributed by atoms with Gasteiger partial charge in [-0.05, 0) is 62.6 Å². The van der Waals surface area contributed by atoms with Crippen LogP contribution < -0.4 is 5.32 Å². The van der Waals surface area contributed by atoms with Crippen molar-refractivity contribution >= 4 is 44.2 Å². The summed E-state index contributed by atoms with van der Waals surface area (Å²) in [5, 5.41) is 3.62. The number of fused-ring (bicyclic) bond motifs is 1. The Balaban J connectivity index is 1.35. The molecule has 2 aliphatic rings. The van der Waals surface area contributed by atoms with Crippen LogP contribution in [0, 0.1) is 5.92 Å². The molecular formula is C19H23N3O3S3. The van der Waals surface area contributed by atoms with Gasteiger partial charge in [0.05, 0.1) is 10.6 Å². The van der Waals surface area contributed by atoms with Crippen LogP contribution in [-0.2, 0) is 27.7 Å². The van der Waals surface area contributed by atoms with Crippen LogP contribution in [-0.4, -0.2) is 43.0 Å². The lowest BCUT2D eigenvalue weighted by molar-refractivity contribution is -0.120. The fourth-order valence-electron chi connectivity index (χ4n) is 3.71. The molecule has 2 aromatic rings. The standard InChI is InChI=1S/C19H23N3O3S3/c1-26-14-5-7-15(8-6-14)28(24,25)22-11-9-13(10-12-22)18(23)21-19-20-16-3-2-4-17(16)27-19/h5-8,13H,2-4,9-12H2,1H3,(H,20,21,23). The van der Waals surface area contributed by atoms with Crippen LogP contribution in [0.1, 0.15) is 29.8 Å². The lowest BCUT2D eigenvalue weighted by atomic mass is 9.97. The van der Waals surface area contributed by atoms with Gasteiger partial charge in [-0.2, -0.15) is 4.31 Å². The summed E-state index contributed by atoms with van der Waals surface area (Å²) in [6, 6.07) is 6.95. The topological polar surface area (TPSA) is 79.4 Å². The van der Waals surface area contributed by atoms with Crippen LogP contribution in [0.5, 0.6) is 0 Å². The molecule has 1 N–H and O–H groups in total. The van der Waals surface area contributed by atoms with E-state index >= 15 is 0 Å². The number of aryl methyl sites for hydroxylation is 2. The molecule has 0 unspecified atom stereocenters. The molecule has 1 amide bonds. The van der Waals surface area contributed by atoms with E-state index < -0.39 is 10.0 Å². The highest BCUT2D eigenvalue weighted by molar-refractivity contribution is 7.98. The Bertz CT molecular complexity index is 941. The fourth-order valence-corrected chi connectivity index (χ4v) is 6.64. The third kappa shape index (κ3) is 3.98. The number of carbonyl (C=O) groups is 1. The molecule has 1 saturated heterocycles. The molecule has 0 saturated carbocycles. The highest BCUT2D eigenvalue weighted by Gasteiger charge is 2.32. The van der Waals surface area contributed by atoms with E-state index in [2.05, 4.69) is 10.3 Å². The Kier molecular flexibility index (Phi) is 5.78. The number of piperidine rings is 1. The van der Waals surface area contributed by atoms with Crippen molar-refractivity contribution in [2.75, 3.05) is 24.7 Å². The van der Waals surface area contributed by atoms with Gasteiger partial charge in [0.15, 0.2) is 5.13 Å². The van der Waals surface area contributed by atoms with Gasteiger partial charge in [0.2, 0.25) is 15.9 Å². The van der Waals surface area contributed by atoms with Gasteiger partial charge in [-0.1, -0.05) is 0 Å². The molecule has 0 atom stereocenters. The second kappa shape index (κ2) is 8.14. The maximum absolute atomic E-state index is 12.8. The zero-order chi connectivity index (χ0) is 19.7. The van der Waals surface area contributed by atoms with E-state index in [1.807, 2.05) is 18.4 Å². The minimum Gasteiger partial charge on any atom is -0.302 e. The summed E-state index contributed by atoms with van der Waals surface area (Å²) >= 11 is 3.15. The molecule has 6 nitrogen and oxygen atoms in total. The molecule has 0 bridgehead atoms. The predicted octanol–water partition coefficient (Wildman–Crippen LogP) is 3.39. The number of benzene rings is 1. The van der Waals surface area contributed by atoms with Crippen molar-refractivity contribution in [3.05, 3.63) is 34.8 Å². The number of anilines is 1. The quantitative estimate of drug-likeness (QED) is 0.726. The Morgan fingerprint density at radius 3 is 2.57 bits per heavy atom. The minimum absolute atomic E-state index is 0.0474. The van der Waals surface area contributed by atoms with Gasteiger partial charge in [0.25, 0.3) is 0 Å². The van der Waals surface area contributed by atoms with Gasteiger partial charge in [0, 0.05) is 28.8 Å². The Morgan fingerprint density at radius 2 is 1.93 bits per heavy atom. The summed E-state index contributed by atoms with van der Waals surface area (Å²) < 4.78 is 27.2. The minimum atomic E-state index is -3.51. The van der Waals surface area contributed by atoms with E-state index in [0.29, 0.717) is 36.0 Å². The van der Waals surface area contributed by atoms with Crippen LogP contribution in [0.4, 0.5) is 5.13 Å². The van der Waals surface area contributed by atoms with Gasteiger partial charge >= 0.3 is 0 Å². The zero-order valence-corrected chi connectivity index (χ0v) is 18.1. The first kappa shape index (κ1) is 19.9. The number of thiazole rings is 1. The van der Waals surface area contributed by atoms with E-state index in [-0.39, 0.29) is 11.8 Å². The van der Waals surface area contributed by atoms with Crippen molar-refractivity contribution in [1.29, 1.82) is 0 Å². The lowest BCUT2D eigenvalue weighted by Crippen LogP contribution is -2.41. The molecular weight excluding hydrogens is 414 g/mol. The van der Waals surface area contributed by atoms with E-state index in [9.17, 15) is 13.2 Å². The lowest BCUT2D eigenvalue weighted by Gasteiger charge is -2.30. The summed E-state index contributed by atoms with van der Waals surface area (Å²) in [6.45, 7) is 0.720. The first-order valence-electron chi connectivity index (χ1n) is 9.41. The number of rotatable bonds is 5. The summed E-state index contributed by atoms with van der Waals surface area (Å²) in [7, 11) is -3.51. The SMILES string of the molecule is CSc1ccc(S(=O)(=O)N2CCC(C(=O)Nc3nc4c(s3)CCC4)CC2)cc1. The average molecular weight is 438 g/mol. The first-order valence-corrected chi connectivity index (χ1v) is 12.9. The zero-order valence-electron chi connectivity index (χ0n) is 15.7. The summed E-state index contributed by atoms with van der Waals surface area (Å²) in [6.07, 6.45) is 6.21. The Morgan fingerprint density at radius 1 is 1.21 bits per heavy atom. The van der Waals surface area contributed by atoms with Crippen molar-refractivity contribution in [2.45, 2.75) is 41.9 Å². The maximum atomic E-state index is 12.8. The molecule has 28 heavy (non-hydrogen) atoms. The van der Waals surface area contributed by atoms with E-state index in [1.54, 1.807) is 35.2 Å². The molecule has 9 heteroatoms. The molecule has 2 heterocycles. The number of amides is 1. The third-order valence-corrected chi connectivity index (χ3v) is 9.08. The van der Waals surface area contributed by atoms with Crippen LogP contribution in [0.2, 0.25) is 0 Å². The first-order chi connectivity index (χ1) is 13.5. The van der Waals surface area contributed by atoms with Crippen molar-refractivity contribution in [1.82, 2.24) is 9.29 Å². The second-order valence-corrected chi connectivity index (χ2v) is 11.0. The number of carbonyl (C=O) groups excluding carboxylic acids is 1. The van der Waals surface area contributed by atoms with E-state index in [1.165, 1.54) is 9.18 Å². The van der Waals surface area contributed by atoms with E-state index in [0.717, 1.165) is 29.9 Å². The maximum Gasteiger partial charge on any atom is 0.243 e. The molecule has 0 spiro atoms. The summed E-state index contributed by atoms with van der Waals surface area (Å²) in [5.74, 6) is -0.224. The molecule has 1 aliphatic carbocycles. The van der Waals surface area contributed by atoms with Gasteiger partial charge in [-0.15, -0.1) is 23.1 Å². The number of nitrogens with one attached hydrogen (secondary N) is 1. The Hall–Kier alpha value is -1.42. The van der Waals surface area contributed by atoms with Gasteiger partial charge in [0.1, 0.15) is 0 Å². The number of sulfonamides is 1. The van der Waals surface area contributed by atoms with Crippen LogP contribution in [0.3, 0.4) is 0 Å². The van der Waals surface area contributed by atoms with Gasteiger partial charge < -0.3 is 5.32 Å². The number of thioether (sulfide) groups is 1. The van der Waals surface area contributed by atoms with Crippen molar-refractivity contribution in [3.63, 3.8) is 0 Å². The largest absolute Gasteiger partial charge is 0.302 e. The molecule has 4 rings (SSSR count). The highest BCUT2D eigenvalue weighted by Crippen LogP contribution is 2.31. The fraction of sp³-hybridized carbons (Fsp3) is 0.474. The molecule has 1 aromatic heterocycles. The normalized spacial score (nSPS) is 18.2. The molecule has 1 aromatic carbocycles. The highest BCUT2D eigenvalue weighted by atomic mass is 32.2. The third-order valence-electron chi connectivity index (χ3n) is 5.35. The molecule has 0 radical (unpaired) electrons. The molecule has 1 fully saturated rings. The average Bonchev–Trinajstić information content (AvgIpc) is 3.30. The predicted molar refractivity (Wildman–Crippen MR) is 112 cm³/mol. The van der Waals surface area contributed by atoms with Crippen LogP contribution in [0.15, 0.2) is 34.1 Å². The van der Waals surface area contributed by atoms with Gasteiger partial charge in [-0.3, -0.25) is 4.79 Å². The van der Waals surface area contributed by atoms with Crippen molar-refractivity contribution in [2.24, 2.45) is 5.92 Å². The smallest absolute Gasteiger partial charge is 0.243 e. The van der Waals surface area contributed by atoms with Crippen LogP contribution in [0.25, 0.3) is 0 Å². The van der Waals surface area contributed by atoms with Gasteiger partial charge in [-0.25, -0.2) is 13.4 Å². The second-order valence-electron chi connectivity index (χ2n) is 7.09. The van der Waals surface area contributed by atoms with Crippen LogP contribution >= 0.6 is 23.1 Å². The summed E-state index contributed by atoms with van der Waals surface area (Å²) in [4.78, 5) is 19.7. The number of hydrogen-bond acceptors (Lipinski definition) is 6. The van der Waals surface area contributed by atoms with Crippen molar-refractivity contribution < 1.29 is 13.2 Å². The Labute approximate surface area is 173 Å². The number of nitrogens with zero attached hydrogens (tertiary/aromatic N) is 2. The summed E-state index contributed by atoms with van der Waals surface area (Å²) in [5.41, 5.74) is 1.12. The molecule has 1 aliphatic heterocycles. The van der Waals surface area contributed by atoms with E-state index in [4.69, 9.17) is 0 Å². The monoisotopic (exact) mass is 437 g/mol.